The molecule has 1 unspecified atom stereocenters. The van der Waals surface area contributed by atoms with Crippen molar-refractivity contribution in [3.63, 3.8) is 0 Å². The summed E-state index contributed by atoms with van der Waals surface area (Å²) >= 11 is 0. The maximum absolute atomic E-state index is 15.3. The molecule has 1 aromatic carbocycles. The summed E-state index contributed by atoms with van der Waals surface area (Å²) < 4.78 is 30.1. The van der Waals surface area contributed by atoms with Gasteiger partial charge in [0.25, 0.3) is 5.91 Å². The highest BCUT2D eigenvalue weighted by molar-refractivity contribution is 7.28. The maximum atomic E-state index is 15.3. The molecular weight excluding hydrogens is 489 g/mol. The number of aromatic nitrogens is 2. The largest absolute Gasteiger partial charge is 0.328 e. The molecule has 4 atom stereocenters. The molecule has 0 spiro atoms. The summed E-state index contributed by atoms with van der Waals surface area (Å²) in [7, 11) is 2.48. The Balaban J connectivity index is 1.43. The number of halogens is 2. The number of nitrogens with one attached hydrogen (secondary N) is 1. The van der Waals surface area contributed by atoms with E-state index >= 15 is 4.39 Å². The van der Waals surface area contributed by atoms with Crippen LogP contribution >= 0.6 is 9.24 Å². The van der Waals surface area contributed by atoms with E-state index in [-0.39, 0.29) is 28.9 Å². The minimum Gasteiger partial charge on any atom is -0.328 e. The number of benzene rings is 1. The van der Waals surface area contributed by atoms with Crippen LogP contribution in [-0.4, -0.2) is 21.9 Å². The van der Waals surface area contributed by atoms with Crippen LogP contribution in [-0.2, 0) is 0 Å². The van der Waals surface area contributed by atoms with Crippen LogP contribution in [0.3, 0.4) is 0 Å². The molecule has 3 aromatic rings. The summed E-state index contributed by atoms with van der Waals surface area (Å²) in [5.41, 5.74) is 9.54. The molecule has 2 heterocycles. The van der Waals surface area contributed by atoms with Gasteiger partial charge in [-0.2, -0.15) is 0 Å². The van der Waals surface area contributed by atoms with Crippen LogP contribution in [0.25, 0.3) is 16.8 Å². The van der Waals surface area contributed by atoms with E-state index < -0.39 is 17.5 Å². The Morgan fingerprint density at radius 2 is 1.97 bits per heavy atom. The van der Waals surface area contributed by atoms with E-state index in [1.54, 1.807) is 12.4 Å². The van der Waals surface area contributed by atoms with E-state index in [4.69, 9.17) is 5.73 Å². The lowest BCUT2D eigenvalue weighted by Gasteiger charge is -2.32. The van der Waals surface area contributed by atoms with Gasteiger partial charge in [-0.15, -0.1) is 9.24 Å². The highest BCUT2D eigenvalue weighted by Gasteiger charge is 2.28. The number of nitrogens with zero attached hydrogens (tertiary/aromatic N) is 2. The van der Waals surface area contributed by atoms with Gasteiger partial charge in [-0.05, 0) is 103 Å². The van der Waals surface area contributed by atoms with Gasteiger partial charge in [0.2, 0.25) is 0 Å². The van der Waals surface area contributed by atoms with Crippen molar-refractivity contribution in [3.05, 3.63) is 77.3 Å². The highest BCUT2D eigenvalue weighted by atomic mass is 31.0. The van der Waals surface area contributed by atoms with Crippen molar-refractivity contribution in [2.45, 2.75) is 57.4 Å². The zero-order valence-corrected chi connectivity index (χ0v) is 22.0. The van der Waals surface area contributed by atoms with Crippen molar-refractivity contribution >= 4 is 31.7 Å². The van der Waals surface area contributed by atoms with Gasteiger partial charge in [-0.25, -0.2) is 13.8 Å². The number of anilines is 1. The topological polar surface area (TPSA) is 80.9 Å². The van der Waals surface area contributed by atoms with E-state index in [1.165, 1.54) is 12.1 Å². The number of pyridine rings is 2. The molecule has 0 aliphatic heterocycles. The lowest BCUT2D eigenvalue weighted by molar-refractivity contribution is 0.102. The molecular formula is C29H31F2N4OP. The zero-order chi connectivity index (χ0) is 26.1. The number of carbonyl (C=O) groups excluding carboxylic acids is 1. The molecule has 0 saturated heterocycles. The molecule has 8 heteroatoms. The first kappa shape index (κ1) is 25.6. The molecule has 192 valence electrons. The van der Waals surface area contributed by atoms with Gasteiger partial charge < -0.3 is 11.1 Å². The van der Waals surface area contributed by atoms with Gasteiger partial charge in [0.05, 0.1) is 11.9 Å². The lowest BCUT2D eigenvalue weighted by Crippen LogP contribution is -2.31. The third-order valence-corrected chi connectivity index (χ3v) is 7.83. The first-order valence-electron chi connectivity index (χ1n) is 12.8. The molecule has 3 N–H and O–H groups in total. The van der Waals surface area contributed by atoms with E-state index in [9.17, 15) is 9.18 Å². The Morgan fingerprint density at radius 1 is 1.14 bits per heavy atom. The van der Waals surface area contributed by atoms with Crippen LogP contribution in [0, 0.1) is 17.6 Å². The third-order valence-electron chi connectivity index (χ3n) is 7.37. The number of nitrogens with two attached hydrogens (primary N) is 1. The first-order valence-corrected chi connectivity index (χ1v) is 13.3. The molecule has 1 amide bonds. The van der Waals surface area contributed by atoms with Crippen LogP contribution in [0.1, 0.15) is 73.0 Å². The minimum absolute atomic E-state index is 0.00806. The van der Waals surface area contributed by atoms with E-state index in [1.807, 2.05) is 12.1 Å². The SMILES string of the molecule is C[C@@H]1C[C@H](N)C[C@H](c2ccncc2NC(=O)c2ccc(F)c(-c3c(F)cc(C4=CCCC4)cc3P)n2)C1. The molecule has 1 fully saturated rings. The second kappa shape index (κ2) is 10.8. The van der Waals surface area contributed by atoms with Gasteiger partial charge in [-0.3, -0.25) is 9.78 Å². The first-order chi connectivity index (χ1) is 17.8. The molecule has 2 aliphatic carbocycles. The molecule has 0 radical (unpaired) electrons. The average Bonchev–Trinajstić information content (AvgIpc) is 3.39. The lowest BCUT2D eigenvalue weighted by atomic mass is 9.76. The van der Waals surface area contributed by atoms with Gasteiger partial charge in [0, 0.05) is 17.8 Å². The van der Waals surface area contributed by atoms with Gasteiger partial charge in [0.15, 0.2) is 0 Å². The number of amides is 1. The summed E-state index contributed by atoms with van der Waals surface area (Å²) in [6, 6.07) is 7.73. The number of carbonyl (C=O) groups is 1. The fraction of sp³-hybridized carbons (Fsp3) is 0.345. The molecule has 1 saturated carbocycles. The van der Waals surface area contributed by atoms with E-state index in [0.29, 0.717) is 16.9 Å². The quantitative estimate of drug-likeness (QED) is 0.406. The summed E-state index contributed by atoms with van der Waals surface area (Å²) in [4.78, 5) is 21.7. The number of hydrogen-bond acceptors (Lipinski definition) is 4. The fourth-order valence-electron chi connectivity index (χ4n) is 5.70. The Bertz CT molecular complexity index is 1340. The van der Waals surface area contributed by atoms with Gasteiger partial charge in [-0.1, -0.05) is 13.0 Å². The third kappa shape index (κ3) is 5.48. The van der Waals surface area contributed by atoms with Gasteiger partial charge in [0.1, 0.15) is 23.0 Å². The van der Waals surface area contributed by atoms with E-state index in [2.05, 4.69) is 37.5 Å². The summed E-state index contributed by atoms with van der Waals surface area (Å²) in [5, 5.41) is 3.38. The highest BCUT2D eigenvalue weighted by Crippen LogP contribution is 2.38. The van der Waals surface area contributed by atoms with Crippen LogP contribution in [0.4, 0.5) is 14.5 Å². The van der Waals surface area contributed by atoms with Crippen LogP contribution in [0.2, 0.25) is 0 Å². The van der Waals surface area contributed by atoms with Gasteiger partial charge >= 0.3 is 0 Å². The number of allylic oxidation sites excluding steroid dienone is 2. The standard InChI is InChI=1S/C29H31F2N4OP/c1-16-10-19(12-20(32)11-16)21-8-9-33-15-25(21)35-29(36)24-7-6-22(30)28(34-24)27-23(31)13-18(14-26(27)37)17-4-2-3-5-17/h4,6-9,13-16,19-20H,2-3,5,10-12,32,37H2,1H3,(H,35,36)/t16-,19+,20-/m0/s1. The minimum atomic E-state index is -0.695. The molecule has 0 bridgehead atoms. The Hall–Kier alpha value is -3.02. The van der Waals surface area contributed by atoms with Crippen molar-refractivity contribution in [2.24, 2.45) is 11.7 Å². The molecule has 5 nitrogen and oxygen atoms in total. The van der Waals surface area contributed by atoms with Crippen molar-refractivity contribution in [2.75, 3.05) is 5.32 Å². The normalized spacial score (nSPS) is 21.5. The summed E-state index contributed by atoms with van der Waals surface area (Å²) in [5.74, 6) is -1.09. The second-order valence-electron chi connectivity index (χ2n) is 10.3. The van der Waals surface area contributed by atoms with Crippen LogP contribution < -0.4 is 16.4 Å². The molecule has 2 aromatic heterocycles. The second-order valence-corrected chi connectivity index (χ2v) is 10.9. The molecule has 5 rings (SSSR count). The predicted molar refractivity (Wildman–Crippen MR) is 147 cm³/mol. The Labute approximate surface area is 218 Å². The summed E-state index contributed by atoms with van der Waals surface area (Å²) in [6.45, 7) is 2.19. The number of hydrogen-bond donors (Lipinski definition) is 2. The Kier molecular flexibility index (Phi) is 7.45. The molecule has 2 aliphatic rings. The predicted octanol–water partition coefficient (Wildman–Crippen LogP) is 5.97. The molecule has 37 heavy (non-hydrogen) atoms. The summed E-state index contributed by atoms with van der Waals surface area (Å²) in [6.07, 6.45) is 11.1. The fourth-order valence-corrected chi connectivity index (χ4v) is 6.16. The van der Waals surface area contributed by atoms with Crippen molar-refractivity contribution in [3.8, 4) is 11.3 Å². The van der Waals surface area contributed by atoms with E-state index in [0.717, 1.165) is 61.3 Å². The van der Waals surface area contributed by atoms with Crippen molar-refractivity contribution in [1.29, 1.82) is 0 Å². The van der Waals surface area contributed by atoms with Crippen LogP contribution in [0.15, 0.2) is 48.8 Å². The number of rotatable bonds is 5. The van der Waals surface area contributed by atoms with Crippen molar-refractivity contribution in [1.82, 2.24) is 9.97 Å². The maximum Gasteiger partial charge on any atom is 0.274 e. The monoisotopic (exact) mass is 520 g/mol. The average molecular weight is 521 g/mol. The zero-order valence-electron chi connectivity index (χ0n) is 20.8. The Morgan fingerprint density at radius 3 is 2.70 bits per heavy atom. The van der Waals surface area contributed by atoms with Crippen LogP contribution in [0.5, 0.6) is 0 Å². The van der Waals surface area contributed by atoms with Crippen molar-refractivity contribution < 1.29 is 13.6 Å². The smallest absolute Gasteiger partial charge is 0.274 e.